The Balaban J connectivity index is 3.35. The highest BCUT2D eigenvalue weighted by Crippen LogP contribution is 2.05. The first-order chi connectivity index (χ1) is 7.95. The van der Waals surface area contributed by atoms with Crippen LogP contribution < -0.4 is 0 Å². The van der Waals surface area contributed by atoms with E-state index in [1.54, 1.807) is 0 Å². The number of hydrogen-bond donors (Lipinski definition) is 1. The Labute approximate surface area is 102 Å². The van der Waals surface area contributed by atoms with Crippen molar-refractivity contribution in [2.24, 2.45) is 0 Å². The summed E-state index contributed by atoms with van der Waals surface area (Å²) in [4.78, 5) is 11.1. The lowest BCUT2D eigenvalue weighted by atomic mass is 10.1. The van der Waals surface area contributed by atoms with Gasteiger partial charge in [-0.05, 0) is 6.42 Å². The van der Waals surface area contributed by atoms with Crippen molar-refractivity contribution in [1.82, 2.24) is 0 Å². The van der Waals surface area contributed by atoms with Gasteiger partial charge in [-0.3, -0.25) is 9.35 Å². The number of carbonyl (C=O) groups excluding carboxylic acids is 1. The van der Waals surface area contributed by atoms with Crippen LogP contribution in [0.1, 0.15) is 45.4 Å². The molecule has 6 nitrogen and oxygen atoms in total. The zero-order valence-corrected chi connectivity index (χ0v) is 10.9. The van der Waals surface area contributed by atoms with E-state index < -0.39 is 10.4 Å². The maximum absolute atomic E-state index is 11.1. The minimum Gasteiger partial charge on any atom is -0.463 e. The van der Waals surface area contributed by atoms with Crippen molar-refractivity contribution in [2.45, 2.75) is 45.4 Å². The first-order valence-electron chi connectivity index (χ1n) is 5.73. The summed E-state index contributed by atoms with van der Waals surface area (Å²) in [5.41, 5.74) is 0. The van der Waals surface area contributed by atoms with E-state index in [0.717, 1.165) is 32.1 Å². The molecule has 0 aromatic carbocycles. The Morgan fingerprint density at radius 1 is 1.12 bits per heavy atom. The summed E-state index contributed by atoms with van der Waals surface area (Å²) in [6, 6.07) is 0. The monoisotopic (exact) mass is 268 g/mol. The summed E-state index contributed by atoms with van der Waals surface area (Å²) >= 11 is 0. The molecule has 0 aliphatic rings. The molecule has 0 saturated carbocycles. The lowest BCUT2D eigenvalue weighted by Gasteiger charge is -2.04. The van der Waals surface area contributed by atoms with E-state index in [4.69, 9.17) is 9.29 Å². The van der Waals surface area contributed by atoms with E-state index in [-0.39, 0.29) is 19.2 Å². The number of hydrogen-bond acceptors (Lipinski definition) is 5. The van der Waals surface area contributed by atoms with Crippen LogP contribution in [0.2, 0.25) is 0 Å². The van der Waals surface area contributed by atoms with Gasteiger partial charge in [0.2, 0.25) is 0 Å². The largest absolute Gasteiger partial charge is 0.463 e. The minimum absolute atomic E-state index is 0.173. The van der Waals surface area contributed by atoms with E-state index >= 15 is 0 Å². The molecule has 0 aliphatic carbocycles. The van der Waals surface area contributed by atoms with Crippen LogP contribution in [0.3, 0.4) is 0 Å². The molecule has 0 unspecified atom stereocenters. The van der Waals surface area contributed by atoms with Crippen molar-refractivity contribution in [1.29, 1.82) is 0 Å². The van der Waals surface area contributed by atoms with Crippen LogP contribution in [-0.4, -0.2) is 32.2 Å². The van der Waals surface area contributed by atoms with Gasteiger partial charge in [-0.1, -0.05) is 32.6 Å². The van der Waals surface area contributed by atoms with Gasteiger partial charge >= 0.3 is 16.4 Å². The van der Waals surface area contributed by atoms with Crippen LogP contribution in [0.4, 0.5) is 0 Å². The molecule has 7 heteroatoms. The standard InChI is InChI=1S/C10H20O6S/c1-2-3-4-5-6-7-10(11)15-8-9-16-17(12,13)14/h2-9H2,1H3,(H,12,13,14). The fourth-order valence-corrected chi connectivity index (χ4v) is 1.52. The molecule has 0 fully saturated rings. The number of ether oxygens (including phenoxy) is 1. The van der Waals surface area contributed by atoms with E-state index in [0.29, 0.717) is 6.42 Å². The van der Waals surface area contributed by atoms with Crippen molar-refractivity contribution in [2.75, 3.05) is 13.2 Å². The molecular weight excluding hydrogens is 248 g/mol. The van der Waals surface area contributed by atoms with E-state index in [1.807, 2.05) is 0 Å². The van der Waals surface area contributed by atoms with Gasteiger partial charge in [-0.15, -0.1) is 0 Å². The molecule has 0 atom stereocenters. The third-order valence-corrected chi connectivity index (χ3v) is 2.53. The molecule has 0 spiro atoms. The predicted octanol–water partition coefficient (Wildman–Crippen LogP) is 1.71. The van der Waals surface area contributed by atoms with Gasteiger partial charge in [0.25, 0.3) is 0 Å². The molecule has 0 aromatic rings. The fourth-order valence-electron chi connectivity index (χ4n) is 1.24. The Morgan fingerprint density at radius 2 is 1.76 bits per heavy atom. The summed E-state index contributed by atoms with van der Waals surface area (Å²) < 4.78 is 37.2. The molecule has 17 heavy (non-hydrogen) atoms. The van der Waals surface area contributed by atoms with Crippen molar-refractivity contribution in [3.63, 3.8) is 0 Å². The van der Waals surface area contributed by atoms with E-state index in [9.17, 15) is 13.2 Å². The molecule has 0 aliphatic heterocycles. The van der Waals surface area contributed by atoms with Gasteiger partial charge in [-0.2, -0.15) is 8.42 Å². The maximum Gasteiger partial charge on any atom is 0.397 e. The number of rotatable bonds is 10. The van der Waals surface area contributed by atoms with E-state index in [2.05, 4.69) is 11.1 Å². The smallest absolute Gasteiger partial charge is 0.397 e. The highest BCUT2D eigenvalue weighted by molar-refractivity contribution is 7.80. The first kappa shape index (κ1) is 16.3. The SMILES string of the molecule is CCCCCCCC(=O)OCCOS(=O)(=O)O. The van der Waals surface area contributed by atoms with E-state index in [1.165, 1.54) is 0 Å². The minimum atomic E-state index is -4.44. The molecule has 0 amide bonds. The van der Waals surface area contributed by atoms with Crippen molar-refractivity contribution < 1.29 is 26.7 Å². The average molecular weight is 268 g/mol. The summed E-state index contributed by atoms with van der Waals surface area (Å²) in [5.74, 6) is -0.375. The van der Waals surface area contributed by atoms with Crippen molar-refractivity contribution >= 4 is 16.4 Å². The lowest BCUT2D eigenvalue weighted by molar-refractivity contribution is -0.144. The van der Waals surface area contributed by atoms with Gasteiger partial charge < -0.3 is 4.74 Å². The highest BCUT2D eigenvalue weighted by Gasteiger charge is 2.06. The summed E-state index contributed by atoms with van der Waals surface area (Å²) in [5, 5.41) is 0. The Bertz CT molecular complexity index is 298. The summed E-state index contributed by atoms with van der Waals surface area (Å²) in [6.45, 7) is 1.58. The molecule has 0 rings (SSSR count). The van der Waals surface area contributed by atoms with Crippen LogP contribution in [0, 0.1) is 0 Å². The molecule has 0 aromatic heterocycles. The quantitative estimate of drug-likeness (QED) is 0.368. The van der Waals surface area contributed by atoms with Crippen molar-refractivity contribution in [3.05, 3.63) is 0 Å². The van der Waals surface area contributed by atoms with Gasteiger partial charge in [0.05, 0.1) is 0 Å². The number of unbranched alkanes of at least 4 members (excludes halogenated alkanes) is 4. The topological polar surface area (TPSA) is 89.9 Å². The molecule has 0 heterocycles. The second-order valence-corrected chi connectivity index (χ2v) is 4.73. The van der Waals surface area contributed by atoms with Crippen LogP contribution in [0.25, 0.3) is 0 Å². The summed E-state index contributed by atoms with van der Waals surface area (Å²) in [7, 11) is -4.44. The van der Waals surface area contributed by atoms with Gasteiger partial charge in [0.15, 0.2) is 0 Å². The zero-order chi connectivity index (χ0) is 13.1. The summed E-state index contributed by atoms with van der Waals surface area (Å²) in [6.07, 6.45) is 5.52. The van der Waals surface area contributed by atoms with Crippen LogP contribution in [0.15, 0.2) is 0 Å². The molecule has 0 saturated heterocycles. The van der Waals surface area contributed by atoms with Gasteiger partial charge in [-0.25, -0.2) is 4.18 Å². The van der Waals surface area contributed by atoms with Crippen LogP contribution >= 0.6 is 0 Å². The van der Waals surface area contributed by atoms with Gasteiger partial charge in [0.1, 0.15) is 13.2 Å². The Morgan fingerprint density at radius 3 is 2.35 bits per heavy atom. The van der Waals surface area contributed by atoms with Crippen LogP contribution in [0.5, 0.6) is 0 Å². The zero-order valence-electron chi connectivity index (χ0n) is 10.1. The molecular formula is C10H20O6S. The third kappa shape index (κ3) is 13.3. The molecule has 102 valence electrons. The average Bonchev–Trinajstić information content (AvgIpc) is 2.23. The number of esters is 1. The third-order valence-electron chi connectivity index (χ3n) is 2.06. The molecule has 0 bridgehead atoms. The highest BCUT2D eigenvalue weighted by atomic mass is 32.3. The Kier molecular flexibility index (Phi) is 9.01. The number of carbonyl (C=O) groups is 1. The molecule has 1 N–H and O–H groups in total. The normalized spacial score (nSPS) is 11.4. The second kappa shape index (κ2) is 9.38. The second-order valence-electron chi connectivity index (χ2n) is 3.63. The van der Waals surface area contributed by atoms with Crippen LogP contribution in [-0.2, 0) is 24.1 Å². The fraction of sp³-hybridized carbons (Fsp3) is 0.900. The molecule has 0 radical (unpaired) electrons. The predicted molar refractivity (Wildman–Crippen MR) is 61.8 cm³/mol. The van der Waals surface area contributed by atoms with Crippen molar-refractivity contribution in [3.8, 4) is 0 Å². The van der Waals surface area contributed by atoms with Gasteiger partial charge in [0, 0.05) is 6.42 Å². The lowest BCUT2D eigenvalue weighted by Crippen LogP contribution is -2.13. The Hall–Kier alpha value is -0.660. The maximum atomic E-state index is 11.1. The first-order valence-corrected chi connectivity index (χ1v) is 7.09.